The molecule has 0 aliphatic heterocycles. The maximum atomic E-state index is 12.8. The van der Waals surface area contributed by atoms with E-state index in [2.05, 4.69) is 14.8 Å². The van der Waals surface area contributed by atoms with Crippen molar-refractivity contribution in [1.82, 2.24) is 14.6 Å². The normalized spacial score (nSPS) is 15.3. The smallest absolute Gasteiger partial charge is 0.262 e. The van der Waals surface area contributed by atoms with Crippen molar-refractivity contribution < 1.29 is 8.42 Å². The first-order valence-electron chi connectivity index (χ1n) is 8.39. The second-order valence-corrected chi connectivity index (χ2v) is 8.31. The second-order valence-electron chi connectivity index (χ2n) is 6.66. The van der Waals surface area contributed by atoms with Crippen LogP contribution in [-0.4, -0.2) is 23.0 Å². The predicted molar refractivity (Wildman–Crippen MR) is 96.3 cm³/mol. The number of anilines is 1. The minimum absolute atomic E-state index is 0.277. The van der Waals surface area contributed by atoms with Crippen LogP contribution in [0.4, 0.5) is 5.69 Å². The lowest BCUT2D eigenvalue weighted by molar-refractivity contribution is 0.402. The minimum Gasteiger partial charge on any atom is -0.276 e. The molecule has 1 aromatic carbocycles. The number of nitrogens with one attached hydrogen (secondary N) is 1. The van der Waals surface area contributed by atoms with Crippen LogP contribution < -0.4 is 4.72 Å². The first-order valence-corrected chi connectivity index (χ1v) is 9.88. The highest BCUT2D eigenvalue weighted by Crippen LogP contribution is 2.35. The van der Waals surface area contributed by atoms with Crippen molar-refractivity contribution >= 4 is 21.4 Å². The summed E-state index contributed by atoms with van der Waals surface area (Å²) in [5, 5.41) is 4.50. The highest BCUT2D eigenvalue weighted by Gasteiger charge is 2.25. The van der Waals surface area contributed by atoms with Gasteiger partial charge in [-0.2, -0.15) is 5.10 Å². The highest BCUT2D eigenvalue weighted by atomic mass is 32.2. The summed E-state index contributed by atoms with van der Waals surface area (Å²) in [6.45, 7) is 3.74. The largest absolute Gasteiger partial charge is 0.276 e. The van der Waals surface area contributed by atoms with Crippen molar-refractivity contribution in [3.05, 3.63) is 53.5 Å². The van der Waals surface area contributed by atoms with E-state index in [1.54, 1.807) is 41.9 Å². The van der Waals surface area contributed by atoms with E-state index in [9.17, 15) is 8.42 Å². The summed E-state index contributed by atoms with van der Waals surface area (Å²) in [6, 6.07) is 8.79. The fourth-order valence-corrected chi connectivity index (χ4v) is 4.43. The Labute approximate surface area is 147 Å². The number of hydrogen-bond acceptors (Lipinski definition) is 4. The molecule has 7 heteroatoms. The molecule has 1 aliphatic rings. The van der Waals surface area contributed by atoms with E-state index in [0.717, 1.165) is 29.8 Å². The van der Waals surface area contributed by atoms with Gasteiger partial charge in [-0.3, -0.25) is 4.72 Å². The van der Waals surface area contributed by atoms with Crippen LogP contribution in [0.3, 0.4) is 0 Å². The zero-order valence-corrected chi connectivity index (χ0v) is 15.0. The number of rotatable bonds is 4. The average Bonchev–Trinajstić information content (AvgIpc) is 2.89. The molecule has 130 valence electrons. The van der Waals surface area contributed by atoms with Crippen molar-refractivity contribution in [3.63, 3.8) is 0 Å². The van der Waals surface area contributed by atoms with Gasteiger partial charge in [0.2, 0.25) is 0 Å². The summed E-state index contributed by atoms with van der Waals surface area (Å²) < 4.78 is 30.0. The number of aromatic nitrogens is 3. The molecule has 0 atom stereocenters. The Morgan fingerprint density at radius 1 is 1.20 bits per heavy atom. The van der Waals surface area contributed by atoms with Crippen LogP contribution in [0.2, 0.25) is 0 Å². The summed E-state index contributed by atoms with van der Waals surface area (Å²) in [6.07, 6.45) is 5.19. The SMILES string of the molecule is Cc1ccc(S(=O)(=O)Nc2cccn3nc(C4CCC4)nc23)c(C)c1. The summed E-state index contributed by atoms with van der Waals surface area (Å²) in [5.74, 6) is 1.19. The fraction of sp³-hybridized carbons (Fsp3) is 0.333. The number of fused-ring (bicyclic) bond motifs is 1. The lowest BCUT2D eigenvalue weighted by atomic mass is 9.85. The molecule has 0 spiro atoms. The van der Waals surface area contributed by atoms with Gasteiger partial charge in [0.25, 0.3) is 10.0 Å². The van der Waals surface area contributed by atoms with Crippen molar-refractivity contribution in [2.24, 2.45) is 0 Å². The van der Waals surface area contributed by atoms with Gasteiger partial charge in [-0.1, -0.05) is 24.1 Å². The number of benzene rings is 1. The monoisotopic (exact) mass is 356 g/mol. The highest BCUT2D eigenvalue weighted by molar-refractivity contribution is 7.92. The second kappa shape index (κ2) is 5.84. The van der Waals surface area contributed by atoms with E-state index in [1.807, 2.05) is 13.0 Å². The molecule has 1 aliphatic carbocycles. The molecule has 1 fully saturated rings. The number of sulfonamides is 1. The van der Waals surface area contributed by atoms with Crippen LogP contribution in [0.15, 0.2) is 41.4 Å². The molecular weight excluding hydrogens is 336 g/mol. The molecule has 0 amide bonds. The standard InChI is InChI=1S/C18H20N4O2S/c1-12-8-9-16(13(2)11-12)25(23,24)21-15-7-4-10-22-18(15)19-17(20-22)14-5-3-6-14/h4,7-11,14,21H,3,5-6H2,1-2H3. The Bertz CT molecular complexity index is 1050. The van der Waals surface area contributed by atoms with Crippen molar-refractivity contribution in [2.75, 3.05) is 4.72 Å². The Balaban J connectivity index is 1.73. The lowest BCUT2D eigenvalue weighted by Gasteiger charge is -2.21. The number of pyridine rings is 1. The van der Waals surface area contributed by atoms with E-state index in [4.69, 9.17) is 0 Å². The first kappa shape index (κ1) is 16.1. The van der Waals surface area contributed by atoms with Crippen molar-refractivity contribution in [3.8, 4) is 0 Å². The number of hydrogen-bond donors (Lipinski definition) is 1. The summed E-state index contributed by atoms with van der Waals surface area (Å²) in [5.41, 5.74) is 2.73. The van der Waals surface area contributed by atoms with Gasteiger partial charge in [-0.05, 0) is 50.5 Å². The maximum absolute atomic E-state index is 12.8. The van der Waals surface area contributed by atoms with Gasteiger partial charge in [0.15, 0.2) is 11.5 Å². The van der Waals surface area contributed by atoms with E-state index in [0.29, 0.717) is 17.3 Å². The molecule has 1 N–H and O–H groups in total. The van der Waals surface area contributed by atoms with E-state index < -0.39 is 10.0 Å². The van der Waals surface area contributed by atoms with E-state index in [-0.39, 0.29) is 4.90 Å². The van der Waals surface area contributed by atoms with Crippen LogP contribution in [0.25, 0.3) is 5.65 Å². The molecule has 0 bridgehead atoms. The molecule has 25 heavy (non-hydrogen) atoms. The topological polar surface area (TPSA) is 76.4 Å². The Morgan fingerprint density at radius 2 is 2.00 bits per heavy atom. The van der Waals surface area contributed by atoms with Gasteiger partial charge in [0.1, 0.15) is 0 Å². The van der Waals surface area contributed by atoms with Gasteiger partial charge in [-0.25, -0.2) is 17.9 Å². The fourth-order valence-electron chi connectivity index (χ4n) is 3.14. The van der Waals surface area contributed by atoms with Gasteiger partial charge < -0.3 is 0 Å². The Hall–Kier alpha value is -2.41. The predicted octanol–water partition coefficient (Wildman–Crippen LogP) is 3.41. The molecule has 0 radical (unpaired) electrons. The molecule has 1 saturated carbocycles. The molecular formula is C18H20N4O2S. The average molecular weight is 356 g/mol. The maximum Gasteiger partial charge on any atom is 0.262 e. The van der Waals surface area contributed by atoms with Crippen LogP contribution in [0.1, 0.15) is 42.1 Å². The van der Waals surface area contributed by atoms with Gasteiger partial charge in [-0.15, -0.1) is 0 Å². The summed E-state index contributed by atoms with van der Waals surface area (Å²) in [7, 11) is -3.69. The van der Waals surface area contributed by atoms with Crippen molar-refractivity contribution in [1.29, 1.82) is 0 Å². The molecule has 6 nitrogen and oxygen atoms in total. The van der Waals surface area contributed by atoms with E-state index in [1.165, 1.54) is 6.42 Å². The zero-order chi connectivity index (χ0) is 17.6. The molecule has 3 aromatic rings. The third-order valence-electron chi connectivity index (χ3n) is 4.71. The molecule has 0 saturated heterocycles. The van der Waals surface area contributed by atoms with Gasteiger partial charge in [0, 0.05) is 12.1 Å². The molecule has 2 heterocycles. The van der Waals surface area contributed by atoms with Gasteiger partial charge >= 0.3 is 0 Å². The molecule has 2 aromatic heterocycles. The molecule has 4 rings (SSSR count). The Morgan fingerprint density at radius 3 is 2.68 bits per heavy atom. The zero-order valence-electron chi connectivity index (χ0n) is 14.2. The quantitative estimate of drug-likeness (QED) is 0.777. The number of nitrogens with zero attached hydrogens (tertiary/aromatic N) is 3. The number of aryl methyl sites for hydroxylation is 2. The Kier molecular flexibility index (Phi) is 3.76. The third kappa shape index (κ3) is 2.89. The van der Waals surface area contributed by atoms with Crippen LogP contribution in [0.5, 0.6) is 0 Å². The summed E-state index contributed by atoms with van der Waals surface area (Å²) in [4.78, 5) is 4.85. The third-order valence-corrected chi connectivity index (χ3v) is 6.24. The summed E-state index contributed by atoms with van der Waals surface area (Å²) >= 11 is 0. The molecule has 0 unspecified atom stereocenters. The van der Waals surface area contributed by atoms with Crippen LogP contribution >= 0.6 is 0 Å². The minimum atomic E-state index is -3.69. The van der Waals surface area contributed by atoms with Gasteiger partial charge in [0.05, 0.1) is 10.6 Å². The first-order chi connectivity index (χ1) is 11.9. The van der Waals surface area contributed by atoms with E-state index >= 15 is 0 Å². The van der Waals surface area contributed by atoms with Crippen LogP contribution in [-0.2, 0) is 10.0 Å². The lowest BCUT2D eigenvalue weighted by Crippen LogP contribution is -2.15. The van der Waals surface area contributed by atoms with Crippen molar-refractivity contribution in [2.45, 2.75) is 43.9 Å². The van der Waals surface area contributed by atoms with Crippen LogP contribution in [0, 0.1) is 13.8 Å².